The van der Waals surface area contributed by atoms with Gasteiger partial charge in [-0.25, -0.2) is 4.98 Å². The summed E-state index contributed by atoms with van der Waals surface area (Å²) in [6, 6.07) is 0. The predicted molar refractivity (Wildman–Crippen MR) is 63.2 cm³/mol. The van der Waals surface area contributed by atoms with E-state index in [1.807, 2.05) is 6.92 Å². The number of ether oxygens (including phenoxy) is 1. The van der Waals surface area contributed by atoms with Crippen molar-refractivity contribution in [1.82, 2.24) is 9.55 Å². The van der Waals surface area contributed by atoms with Gasteiger partial charge in [0.2, 0.25) is 5.88 Å². The lowest BCUT2D eigenvalue weighted by atomic mass is 10.1. The van der Waals surface area contributed by atoms with Gasteiger partial charge < -0.3 is 25.8 Å². The van der Waals surface area contributed by atoms with Crippen molar-refractivity contribution in [3.8, 4) is 5.88 Å². The van der Waals surface area contributed by atoms with Gasteiger partial charge in [-0.1, -0.05) is 13.3 Å². The summed E-state index contributed by atoms with van der Waals surface area (Å²) in [5.74, 6) is -1.37. The first kappa shape index (κ1) is 13.8. The largest absolute Gasteiger partial charge is 0.493 e. The molecule has 19 heavy (non-hydrogen) atoms. The number of hydrogen-bond donors (Lipinski definition) is 4. The van der Waals surface area contributed by atoms with E-state index in [0.29, 0.717) is 6.42 Å². The second-order valence-electron chi connectivity index (χ2n) is 4.52. The van der Waals surface area contributed by atoms with Crippen molar-refractivity contribution in [1.29, 1.82) is 0 Å². The van der Waals surface area contributed by atoms with Gasteiger partial charge >= 0.3 is 0 Å². The van der Waals surface area contributed by atoms with Crippen LogP contribution in [0.3, 0.4) is 0 Å². The molecule has 106 valence electrons. The number of nitrogens with two attached hydrogens (primary N) is 1. The molecule has 1 amide bonds. The van der Waals surface area contributed by atoms with Gasteiger partial charge in [-0.3, -0.25) is 9.36 Å². The van der Waals surface area contributed by atoms with E-state index in [1.165, 1.54) is 0 Å². The number of aliphatic hydroxyl groups excluding tert-OH is 2. The van der Waals surface area contributed by atoms with Crippen molar-refractivity contribution < 1.29 is 24.9 Å². The molecular weight excluding hydrogens is 254 g/mol. The summed E-state index contributed by atoms with van der Waals surface area (Å²) in [7, 11) is 0. The standard InChI is InChI=1S/C11H17N3O5/c1-2-3-5-7(15)8(16)11(19-5)14-4-13-6(9(12)17)10(14)18/h4-5,7-8,11,15-16,18H,2-3H2,1H3,(H2,12,17)/t5-,7-,8-,11-/m1/s1. The maximum absolute atomic E-state index is 11.0. The van der Waals surface area contributed by atoms with Crippen LogP contribution >= 0.6 is 0 Å². The average molecular weight is 271 g/mol. The monoisotopic (exact) mass is 271 g/mol. The summed E-state index contributed by atoms with van der Waals surface area (Å²) in [5.41, 5.74) is 4.73. The summed E-state index contributed by atoms with van der Waals surface area (Å²) in [5, 5.41) is 29.6. The zero-order valence-electron chi connectivity index (χ0n) is 10.4. The van der Waals surface area contributed by atoms with E-state index < -0.39 is 36.3 Å². The van der Waals surface area contributed by atoms with Gasteiger partial charge in [0, 0.05) is 0 Å². The van der Waals surface area contributed by atoms with Gasteiger partial charge in [-0.2, -0.15) is 0 Å². The predicted octanol–water partition coefficient (Wildman–Crippen LogP) is -0.893. The molecule has 1 aliphatic rings. The van der Waals surface area contributed by atoms with E-state index in [-0.39, 0.29) is 5.69 Å². The van der Waals surface area contributed by atoms with E-state index in [2.05, 4.69) is 4.98 Å². The van der Waals surface area contributed by atoms with Crippen molar-refractivity contribution in [2.75, 3.05) is 0 Å². The molecule has 0 radical (unpaired) electrons. The SMILES string of the molecule is CCC[C@H]1O[C@@H](n2cnc(C(N)=O)c2O)[C@H](O)[C@@H]1O. The fourth-order valence-electron chi connectivity index (χ4n) is 2.20. The Hall–Kier alpha value is -1.64. The Morgan fingerprint density at radius 1 is 1.53 bits per heavy atom. The molecule has 1 aromatic rings. The molecule has 8 nitrogen and oxygen atoms in total. The van der Waals surface area contributed by atoms with Crippen LogP contribution in [0, 0.1) is 0 Å². The maximum atomic E-state index is 11.0. The molecule has 2 heterocycles. The van der Waals surface area contributed by atoms with Crippen LogP contribution in [0.15, 0.2) is 6.33 Å². The van der Waals surface area contributed by atoms with E-state index in [9.17, 15) is 20.1 Å². The lowest BCUT2D eigenvalue weighted by Gasteiger charge is -2.16. The third-order valence-corrected chi connectivity index (χ3v) is 3.19. The number of amides is 1. The molecule has 1 aromatic heterocycles. The van der Waals surface area contributed by atoms with Crippen LogP contribution in [0.5, 0.6) is 5.88 Å². The molecule has 0 aliphatic carbocycles. The lowest BCUT2D eigenvalue weighted by molar-refractivity contribution is -0.0423. The molecule has 0 saturated carbocycles. The highest BCUT2D eigenvalue weighted by Crippen LogP contribution is 2.34. The molecule has 2 rings (SSSR count). The van der Waals surface area contributed by atoms with Gasteiger partial charge in [0.15, 0.2) is 11.9 Å². The molecule has 1 saturated heterocycles. The Labute approximate surface area is 109 Å². The quantitative estimate of drug-likeness (QED) is 0.561. The molecular formula is C11H17N3O5. The van der Waals surface area contributed by atoms with Crippen LogP contribution in [0.2, 0.25) is 0 Å². The molecule has 4 atom stereocenters. The fraction of sp³-hybridized carbons (Fsp3) is 0.636. The number of aromatic nitrogens is 2. The van der Waals surface area contributed by atoms with Crippen LogP contribution < -0.4 is 5.73 Å². The first-order chi connectivity index (χ1) is 8.97. The van der Waals surface area contributed by atoms with E-state index in [4.69, 9.17) is 10.5 Å². The van der Waals surface area contributed by atoms with Crippen molar-refractivity contribution in [3.05, 3.63) is 12.0 Å². The zero-order chi connectivity index (χ0) is 14.2. The van der Waals surface area contributed by atoms with Crippen molar-refractivity contribution in [3.63, 3.8) is 0 Å². The smallest absolute Gasteiger partial charge is 0.272 e. The van der Waals surface area contributed by atoms with Crippen molar-refractivity contribution in [2.45, 2.75) is 44.3 Å². The summed E-state index contributed by atoms with van der Waals surface area (Å²) in [6.45, 7) is 1.93. The fourth-order valence-corrected chi connectivity index (χ4v) is 2.20. The second kappa shape index (κ2) is 5.16. The average Bonchev–Trinajstić information content (AvgIpc) is 2.85. The van der Waals surface area contributed by atoms with Crippen LogP contribution in [0.1, 0.15) is 36.5 Å². The van der Waals surface area contributed by atoms with Crippen LogP contribution in [0.4, 0.5) is 0 Å². The van der Waals surface area contributed by atoms with Crippen LogP contribution in [-0.4, -0.2) is 49.1 Å². The molecule has 0 unspecified atom stereocenters. The minimum Gasteiger partial charge on any atom is -0.493 e. The normalized spacial score (nSPS) is 30.7. The van der Waals surface area contributed by atoms with Crippen molar-refractivity contribution in [2.24, 2.45) is 5.73 Å². The minimum absolute atomic E-state index is 0.302. The van der Waals surface area contributed by atoms with Crippen LogP contribution in [-0.2, 0) is 4.74 Å². The highest BCUT2D eigenvalue weighted by atomic mass is 16.6. The Kier molecular flexibility index (Phi) is 3.74. The summed E-state index contributed by atoms with van der Waals surface area (Å²) in [4.78, 5) is 14.7. The van der Waals surface area contributed by atoms with Crippen molar-refractivity contribution >= 4 is 5.91 Å². The zero-order valence-corrected chi connectivity index (χ0v) is 10.4. The Morgan fingerprint density at radius 3 is 2.74 bits per heavy atom. The van der Waals surface area contributed by atoms with Gasteiger partial charge in [0.05, 0.1) is 6.10 Å². The van der Waals surface area contributed by atoms with Crippen LogP contribution in [0.25, 0.3) is 0 Å². The number of primary amides is 1. The highest BCUT2D eigenvalue weighted by Gasteiger charge is 2.44. The van der Waals surface area contributed by atoms with Gasteiger partial charge in [-0.15, -0.1) is 0 Å². The van der Waals surface area contributed by atoms with E-state index in [1.54, 1.807) is 0 Å². The third-order valence-electron chi connectivity index (χ3n) is 3.19. The second-order valence-corrected chi connectivity index (χ2v) is 4.52. The molecule has 0 spiro atoms. The number of hydrogen-bond acceptors (Lipinski definition) is 6. The summed E-state index contributed by atoms with van der Waals surface area (Å²) < 4.78 is 6.58. The number of carbonyl (C=O) groups is 1. The number of aliphatic hydroxyl groups is 2. The molecule has 1 aliphatic heterocycles. The molecule has 8 heteroatoms. The Morgan fingerprint density at radius 2 is 2.21 bits per heavy atom. The van der Waals surface area contributed by atoms with E-state index >= 15 is 0 Å². The van der Waals surface area contributed by atoms with Gasteiger partial charge in [0.25, 0.3) is 5.91 Å². The van der Waals surface area contributed by atoms with Gasteiger partial charge in [0.1, 0.15) is 18.5 Å². The number of carbonyl (C=O) groups excluding carboxylic acids is 1. The van der Waals surface area contributed by atoms with Gasteiger partial charge in [-0.05, 0) is 6.42 Å². The number of rotatable bonds is 4. The number of imidazole rings is 1. The first-order valence-electron chi connectivity index (χ1n) is 6.04. The first-order valence-corrected chi connectivity index (χ1v) is 6.04. The molecule has 0 aromatic carbocycles. The molecule has 1 fully saturated rings. The van der Waals surface area contributed by atoms with E-state index in [0.717, 1.165) is 17.3 Å². The lowest BCUT2D eigenvalue weighted by Crippen LogP contribution is -2.31. The number of aromatic hydroxyl groups is 1. The minimum atomic E-state index is -1.21. The number of nitrogens with zero attached hydrogens (tertiary/aromatic N) is 2. The Balaban J connectivity index is 2.25. The topological polar surface area (TPSA) is 131 Å². The summed E-state index contributed by atoms with van der Waals surface area (Å²) >= 11 is 0. The Bertz CT molecular complexity index is 475. The maximum Gasteiger partial charge on any atom is 0.272 e. The summed E-state index contributed by atoms with van der Waals surface area (Å²) in [6.07, 6.45) is -1.28. The molecule has 5 N–H and O–H groups in total. The highest BCUT2D eigenvalue weighted by molar-refractivity contribution is 5.92. The molecule has 0 bridgehead atoms. The third kappa shape index (κ3) is 2.29.